The number of carbonyl (C=O) groups excluding carboxylic acids is 1. The summed E-state index contributed by atoms with van der Waals surface area (Å²) >= 11 is 0. The van der Waals surface area contributed by atoms with Gasteiger partial charge in [0.25, 0.3) is 0 Å². The van der Waals surface area contributed by atoms with Crippen molar-refractivity contribution in [2.45, 2.75) is 32.8 Å². The van der Waals surface area contributed by atoms with Crippen LogP contribution in [0.25, 0.3) is 5.69 Å². The van der Waals surface area contributed by atoms with E-state index in [1.54, 1.807) is 4.68 Å². The summed E-state index contributed by atoms with van der Waals surface area (Å²) in [6.07, 6.45) is 4.03. The standard InChI is InChI=1S/C18H24N4O2/c1-3-7-16-12-21(10-11-24-16)18(23)19-17-13-22(20-14(17)2)15-8-5-4-6-9-15/h4-6,8-9,13,16H,3,7,10-12H2,1-2H3,(H,19,23). The number of hydrogen-bond donors (Lipinski definition) is 1. The molecule has 128 valence electrons. The third-order valence-corrected chi connectivity index (χ3v) is 4.20. The molecule has 1 aromatic heterocycles. The van der Waals surface area contributed by atoms with E-state index >= 15 is 0 Å². The van der Waals surface area contributed by atoms with Crippen molar-refractivity contribution in [3.05, 3.63) is 42.2 Å². The maximum absolute atomic E-state index is 12.5. The molecule has 2 aromatic rings. The number of morpholine rings is 1. The number of benzene rings is 1. The molecule has 0 spiro atoms. The predicted octanol–water partition coefficient (Wildman–Crippen LogP) is 3.21. The number of para-hydroxylation sites is 1. The molecule has 0 saturated carbocycles. The molecule has 0 bridgehead atoms. The fraction of sp³-hybridized carbons (Fsp3) is 0.444. The topological polar surface area (TPSA) is 59.4 Å². The third kappa shape index (κ3) is 3.76. The molecule has 1 saturated heterocycles. The van der Waals surface area contributed by atoms with Gasteiger partial charge in [-0.1, -0.05) is 31.5 Å². The van der Waals surface area contributed by atoms with Gasteiger partial charge in [0.15, 0.2) is 0 Å². The van der Waals surface area contributed by atoms with Crippen molar-refractivity contribution in [3.8, 4) is 5.69 Å². The van der Waals surface area contributed by atoms with Crippen LogP contribution in [0.3, 0.4) is 0 Å². The second-order valence-corrected chi connectivity index (χ2v) is 6.07. The number of anilines is 1. The van der Waals surface area contributed by atoms with Crippen LogP contribution in [0.1, 0.15) is 25.5 Å². The Bertz CT molecular complexity index is 682. The zero-order valence-corrected chi connectivity index (χ0v) is 14.2. The fourth-order valence-electron chi connectivity index (χ4n) is 2.89. The molecule has 6 heteroatoms. The number of aryl methyl sites for hydroxylation is 1. The van der Waals surface area contributed by atoms with Crippen LogP contribution in [0.4, 0.5) is 10.5 Å². The molecule has 24 heavy (non-hydrogen) atoms. The minimum absolute atomic E-state index is 0.0879. The first-order valence-electron chi connectivity index (χ1n) is 8.46. The molecule has 6 nitrogen and oxygen atoms in total. The largest absolute Gasteiger partial charge is 0.375 e. The number of rotatable bonds is 4. The van der Waals surface area contributed by atoms with E-state index in [-0.39, 0.29) is 12.1 Å². The van der Waals surface area contributed by atoms with E-state index in [9.17, 15) is 4.79 Å². The normalized spacial score (nSPS) is 17.8. The molecule has 0 radical (unpaired) electrons. The summed E-state index contributed by atoms with van der Waals surface area (Å²) in [6, 6.07) is 9.77. The second kappa shape index (κ2) is 7.49. The maximum atomic E-state index is 12.5. The molecular formula is C18H24N4O2. The van der Waals surface area contributed by atoms with Gasteiger partial charge in [0.05, 0.1) is 36.0 Å². The summed E-state index contributed by atoms with van der Waals surface area (Å²) in [4.78, 5) is 14.4. The third-order valence-electron chi connectivity index (χ3n) is 4.20. The van der Waals surface area contributed by atoms with Gasteiger partial charge in [-0.25, -0.2) is 9.48 Å². The highest BCUT2D eigenvalue weighted by Crippen LogP contribution is 2.18. The molecule has 1 atom stereocenters. The number of hydrogen-bond acceptors (Lipinski definition) is 3. The van der Waals surface area contributed by atoms with E-state index in [1.807, 2.05) is 48.4 Å². The summed E-state index contributed by atoms with van der Waals surface area (Å²) < 4.78 is 7.48. The minimum atomic E-state index is -0.0879. The molecule has 2 amide bonds. The van der Waals surface area contributed by atoms with Crippen LogP contribution in [-0.2, 0) is 4.74 Å². The van der Waals surface area contributed by atoms with Gasteiger partial charge in [0.1, 0.15) is 0 Å². The van der Waals surface area contributed by atoms with Crippen LogP contribution < -0.4 is 5.32 Å². The molecule has 1 unspecified atom stereocenters. The van der Waals surface area contributed by atoms with Crippen molar-refractivity contribution < 1.29 is 9.53 Å². The van der Waals surface area contributed by atoms with Gasteiger partial charge in [0, 0.05) is 13.1 Å². The highest BCUT2D eigenvalue weighted by molar-refractivity contribution is 5.89. The lowest BCUT2D eigenvalue weighted by Crippen LogP contribution is -2.47. The summed E-state index contributed by atoms with van der Waals surface area (Å²) in [7, 11) is 0. The molecule has 1 aliphatic heterocycles. The van der Waals surface area contributed by atoms with Gasteiger partial charge in [-0.2, -0.15) is 5.10 Å². The first-order chi connectivity index (χ1) is 11.7. The van der Waals surface area contributed by atoms with Crippen LogP contribution >= 0.6 is 0 Å². The van der Waals surface area contributed by atoms with E-state index in [0.29, 0.717) is 19.7 Å². The van der Waals surface area contributed by atoms with Crippen LogP contribution in [-0.4, -0.2) is 46.5 Å². The molecule has 1 N–H and O–H groups in total. The first-order valence-corrected chi connectivity index (χ1v) is 8.46. The fourth-order valence-corrected chi connectivity index (χ4v) is 2.89. The van der Waals surface area contributed by atoms with E-state index in [0.717, 1.165) is 29.9 Å². The number of urea groups is 1. The first kappa shape index (κ1) is 16.5. The Labute approximate surface area is 142 Å². The molecule has 3 rings (SSSR count). The average molecular weight is 328 g/mol. The van der Waals surface area contributed by atoms with Gasteiger partial charge in [0.2, 0.25) is 0 Å². The Morgan fingerprint density at radius 3 is 2.92 bits per heavy atom. The molecule has 0 aliphatic carbocycles. The summed E-state index contributed by atoms with van der Waals surface area (Å²) in [5.41, 5.74) is 2.50. The van der Waals surface area contributed by atoms with Gasteiger partial charge in [-0.3, -0.25) is 0 Å². The number of amides is 2. The molecule has 1 aliphatic rings. The van der Waals surface area contributed by atoms with Crippen molar-refractivity contribution in [3.63, 3.8) is 0 Å². The van der Waals surface area contributed by atoms with Crippen molar-refractivity contribution in [2.24, 2.45) is 0 Å². The molecule has 1 fully saturated rings. The second-order valence-electron chi connectivity index (χ2n) is 6.07. The quantitative estimate of drug-likeness (QED) is 0.937. The number of carbonyl (C=O) groups is 1. The van der Waals surface area contributed by atoms with Crippen molar-refractivity contribution in [1.29, 1.82) is 0 Å². The molecule has 1 aromatic carbocycles. The predicted molar refractivity (Wildman–Crippen MR) is 93.5 cm³/mol. The summed E-state index contributed by atoms with van der Waals surface area (Å²) in [6.45, 7) is 5.89. The van der Waals surface area contributed by atoms with Crippen LogP contribution in [0.5, 0.6) is 0 Å². The Morgan fingerprint density at radius 1 is 1.38 bits per heavy atom. The monoisotopic (exact) mass is 328 g/mol. The Kier molecular flexibility index (Phi) is 5.15. The zero-order chi connectivity index (χ0) is 16.9. The van der Waals surface area contributed by atoms with Crippen LogP contribution in [0.2, 0.25) is 0 Å². The number of ether oxygens (including phenoxy) is 1. The highest BCUT2D eigenvalue weighted by atomic mass is 16.5. The van der Waals surface area contributed by atoms with Crippen LogP contribution in [0.15, 0.2) is 36.5 Å². The van der Waals surface area contributed by atoms with E-state index in [2.05, 4.69) is 17.3 Å². The van der Waals surface area contributed by atoms with Gasteiger partial charge in [-0.15, -0.1) is 0 Å². The zero-order valence-electron chi connectivity index (χ0n) is 14.2. The SMILES string of the molecule is CCCC1CN(C(=O)Nc2cn(-c3ccccc3)nc2C)CCO1. The van der Waals surface area contributed by atoms with Crippen molar-refractivity contribution in [1.82, 2.24) is 14.7 Å². The Hall–Kier alpha value is -2.34. The van der Waals surface area contributed by atoms with Crippen LogP contribution in [0, 0.1) is 6.92 Å². The lowest BCUT2D eigenvalue weighted by molar-refractivity contribution is -0.0162. The van der Waals surface area contributed by atoms with Crippen molar-refractivity contribution in [2.75, 3.05) is 25.0 Å². The number of nitrogens with zero attached hydrogens (tertiary/aromatic N) is 3. The Balaban J connectivity index is 1.67. The van der Waals surface area contributed by atoms with Gasteiger partial charge < -0.3 is 15.0 Å². The van der Waals surface area contributed by atoms with Gasteiger partial charge in [-0.05, 0) is 25.5 Å². The maximum Gasteiger partial charge on any atom is 0.322 e. The lowest BCUT2D eigenvalue weighted by Gasteiger charge is -2.32. The van der Waals surface area contributed by atoms with E-state index < -0.39 is 0 Å². The van der Waals surface area contributed by atoms with Gasteiger partial charge >= 0.3 is 6.03 Å². The molecule has 2 heterocycles. The minimum Gasteiger partial charge on any atom is -0.375 e. The number of aromatic nitrogens is 2. The van der Waals surface area contributed by atoms with E-state index in [1.165, 1.54) is 0 Å². The highest BCUT2D eigenvalue weighted by Gasteiger charge is 2.24. The molecular weight excluding hydrogens is 304 g/mol. The van der Waals surface area contributed by atoms with Crippen molar-refractivity contribution >= 4 is 11.7 Å². The summed E-state index contributed by atoms with van der Waals surface area (Å²) in [5.74, 6) is 0. The van der Waals surface area contributed by atoms with E-state index in [4.69, 9.17) is 4.74 Å². The number of nitrogens with one attached hydrogen (secondary N) is 1. The average Bonchev–Trinajstić information content (AvgIpc) is 2.97. The summed E-state index contributed by atoms with van der Waals surface area (Å²) in [5, 5.41) is 7.46. The smallest absolute Gasteiger partial charge is 0.322 e. The Morgan fingerprint density at radius 2 is 2.17 bits per heavy atom. The lowest BCUT2D eigenvalue weighted by atomic mass is 10.2.